The van der Waals surface area contributed by atoms with Gasteiger partial charge in [-0.25, -0.2) is 4.98 Å². The van der Waals surface area contributed by atoms with Crippen LogP contribution in [0.3, 0.4) is 0 Å². The highest BCUT2D eigenvalue weighted by molar-refractivity contribution is 6.31. The van der Waals surface area contributed by atoms with Crippen molar-refractivity contribution in [3.05, 3.63) is 75.8 Å². The highest BCUT2D eigenvalue weighted by Crippen LogP contribution is 2.25. The summed E-state index contributed by atoms with van der Waals surface area (Å²) in [6.45, 7) is 0.905. The molecule has 3 N–H and O–H groups in total. The Morgan fingerprint density at radius 3 is 2.61 bits per heavy atom. The minimum atomic E-state index is -1.09. The molecule has 1 aliphatic heterocycles. The summed E-state index contributed by atoms with van der Waals surface area (Å²) in [4.78, 5) is 31.5. The van der Waals surface area contributed by atoms with Crippen molar-refractivity contribution in [2.75, 3.05) is 13.1 Å². The van der Waals surface area contributed by atoms with Crippen LogP contribution in [0.5, 0.6) is 0 Å². The third-order valence-corrected chi connectivity index (χ3v) is 6.11. The smallest absolute Gasteiger partial charge is 0.261 e. The van der Waals surface area contributed by atoms with Gasteiger partial charge in [0.2, 0.25) is 5.91 Å². The Balaban J connectivity index is 1.40. The number of likely N-dealkylation sites (tertiary alicyclic amines) is 1. The van der Waals surface area contributed by atoms with Crippen LogP contribution in [0.2, 0.25) is 5.02 Å². The Hall–Kier alpha value is -2.74. The average molecular weight is 441 g/mol. The quantitative estimate of drug-likeness (QED) is 0.631. The van der Waals surface area contributed by atoms with E-state index in [1.54, 1.807) is 23.1 Å². The molecule has 31 heavy (non-hydrogen) atoms. The number of carbonyl (C=O) groups is 1. The number of hydrogen-bond acceptors (Lipinski definition) is 5. The summed E-state index contributed by atoms with van der Waals surface area (Å²) < 4.78 is 1.43. The van der Waals surface area contributed by atoms with Crippen LogP contribution in [-0.4, -0.2) is 50.2 Å². The van der Waals surface area contributed by atoms with Gasteiger partial charge < -0.3 is 15.7 Å². The van der Waals surface area contributed by atoms with Crippen molar-refractivity contribution in [3.63, 3.8) is 0 Å². The van der Waals surface area contributed by atoms with Gasteiger partial charge in [0.15, 0.2) is 0 Å². The molecule has 162 valence electrons. The standard InChI is InChI=1S/C23H25ClN4O3/c24-17-6-7-18-20(13-17)26-15-28(21(18)29)14-23(31)8-10-27(11-9-23)22(30)19(25)12-16-4-2-1-3-5-16/h1-7,13,15,19,31H,8-12,14,25H2/t19-/m0/s1. The Bertz CT molecular complexity index is 1140. The zero-order valence-corrected chi connectivity index (χ0v) is 17.8. The van der Waals surface area contributed by atoms with Crippen LogP contribution in [0.4, 0.5) is 0 Å². The first-order valence-electron chi connectivity index (χ1n) is 10.3. The van der Waals surface area contributed by atoms with Gasteiger partial charge in [0.1, 0.15) is 0 Å². The van der Waals surface area contributed by atoms with Gasteiger partial charge in [0.05, 0.1) is 35.4 Å². The van der Waals surface area contributed by atoms with Crippen molar-refractivity contribution in [1.29, 1.82) is 0 Å². The van der Waals surface area contributed by atoms with Gasteiger partial charge in [0, 0.05) is 18.1 Å². The minimum Gasteiger partial charge on any atom is -0.388 e. The number of fused-ring (bicyclic) bond motifs is 1. The maximum Gasteiger partial charge on any atom is 0.261 e. The lowest BCUT2D eigenvalue weighted by molar-refractivity contribution is -0.137. The van der Waals surface area contributed by atoms with Crippen molar-refractivity contribution < 1.29 is 9.90 Å². The van der Waals surface area contributed by atoms with Crippen LogP contribution < -0.4 is 11.3 Å². The molecule has 0 saturated carbocycles. The maximum absolute atomic E-state index is 12.8. The zero-order chi connectivity index (χ0) is 22.0. The monoisotopic (exact) mass is 440 g/mol. The summed E-state index contributed by atoms with van der Waals surface area (Å²) in [5.41, 5.74) is 6.36. The van der Waals surface area contributed by atoms with Crippen LogP contribution in [-0.2, 0) is 17.8 Å². The molecule has 0 radical (unpaired) electrons. The summed E-state index contributed by atoms with van der Waals surface area (Å²) in [5.74, 6) is -0.118. The summed E-state index contributed by atoms with van der Waals surface area (Å²) in [6, 6.07) is 14.0. The number of nitrogens with two attached hydrogens (primary N) is 1. The van der Waals surface area contributed by atoms with Crippen molar-refractivity contribution in [1.82, 2.24) is 14.5 Å². The summed E-state index contributed by atoms with van der Waals surface area (Å²) in [7, 11) is 0. The van der Waals surface area contributed by atoms with Crippen molar-refractivity contribution in [2.24, 2.45) is 5.73 Å². The first-order valence-corrected chi connectivity index (χ1v) is 10.7. The lowest BCUT2D eigenvalue weighted by atomic mass is 9.90. The van der Waals surface area contributed by atoms with Crippen LogP contribution >= 0.6 is 11.6 Å². The molecule has 1 fully saturated rings. The van der Waals surface area contributed by atoms with Crippen LogP contribution in [0.1, 0.15) is 18.4 Å². The lowest BCUT2D eigenvalue weighted by Gasteiger charge is -2.39. The Kier molecular flexibility index (Phi) is 6.09. The largest absolute Gasteiger partial charge is 0.388 e. The fourth-order valence-electron chi connectivity index (χ4n) is 4.05. The Labute approximate surface area is 185 Å². The number of rotatable bonds is 5. The van der Waals surface area contributed by atoms with Gasteiger partial charge in [0.25, 0.3) is 5.56 Å². The third-order valence-electron chi connectivity index (χ3n) is 5.87. The maximum atomic E-state index is 12.8. The van der Waals surface area contributed by atoms with Crippen LogP contribution in [0, 0.1) is 0 Å². The second kappa shape index (κ2) is 8.78. The normalized spacial score (nSPS) is 16.9. The molecule has 2 heterocycles. The molecule has 2 aromatic carbocycles. The molecule has 0 unspecified atom stereocenters. The predicted octanol–water partition coefficient (Wildman–Crippen LogP) is 1.97. The molecule has 8 heteroatoms. The predicted molar refractivity (Wildman–Crippen MR) is 120 cm³/mol. The van der Waals surface area contributed by atoms with Gasteiger partial charge in [-0.2, -0.15) is 0 Å². The van der Waals surface area contributed by atoms with Crippen molar-refractivity contribution >= 4 is 28.4 Å². The second-order valence-electron chi connectivity index (χ2n) is 8.18. The van der Waals surface area contributed by atoms with E-state index in [0.717, 1.165) is 5.56 Å². The van der Waals surface area contributed by atoms with E-state index in [0.29, 0.717) is 48.3 Å². The number of piperidine rings is 1. The van der Waals surface area contributed by atoms with E-state index in [1.165, 1.54) is 10.9 Å². The number of amides is 1. The minimum absolute atomic E-state index is 0.118. The van der Waals surface area contributed by atoms with Gasteiger partial charge in [-0.05, 0) is 43.0 Å². The first kappa shape index (κ1) is 21.5. The van der Waals surface area contributed by atoms with Gasteiger partial charge in [-0.15, -0.1) is 0 Å². The Morgan fingerprint density at radius 2 is 1.90 bits per heavy atom. The summed E-state index contributed by atoms with van der Waals surface area (Å²) in [5, 5.41) is 12.0. The van der Waals surface area contributed by atoms with E-state index < -0.39 is 11.6 Å². The molecule has 0 spiro atoms. The van der Waals surface area contributed by atoms with E-state index in [9.17, 15) is 14.7 Å². The highest BCUT2D eigenvalue weighted by Gasteiger charge is 2.35. The highest BCUT2D eigenvalue weighted by atomic mass is 35.5. The number of carbonyl (C=O) groups excluding carboxylic acids is 1. The van der Waals surface area contributed by atoms with Crippen LogP contribution in [0.15, 0.2) is 59.7 Å². The number of halogens is 1. The van der Waals surface area contributed by atoms with E-state index in [-0.39, 0.29) is 18.0 Å². The number of nitrogens with zero attached hydrogens (tertiary/aromatic N) is 3. The molecule has 1 atom stereocenters. The van der Waals surface area contributed by atoms with Crippen molar-refractivity contribution in [3.8, 4) is 0 Å². The SMILES string of the molecule is N[C@@H](Cc1ccccc1)C(=O)N1CCC(O)(Cn2cnc3cc(Cl)ccc3c2=O)CC1. The molecular weight excluding hydrogens is 416 g/mol. The van der Waals surface area contributed by atoms with E-state index in [1.807, 2.05) is 30.3 Å². The molecule has 7 nitrogen and oxygen atoms in total. The molecule has 1 aromatic heterocycles. The number of hydrogen-bond donors (Lipinski definition) is 2. The molecule has 0 bridgehead atoms. The van der Waals surface area contributed by atoms with E-state index in [4.69, 9.17) is 17.3 Å². The molecular formula is C23H25ClN4O3. The van der Waals surface area contributed by atoms with Gasteiger partial charge in [-0.3, -0.25) is 14.2 Å². The van der Waals surface area contributed by atoms with E-state index >= 15 is 0 Å². The summed E-state index contributed by atoms with van der Waals surface area (Å²) >= 11 is 5.97. The van der Waals surface area contributed by atoms with Crippen LogP contribution in [0.25, 0.3) is 10.9 Å². The zero-order valence-electron chi connectivity index (χ0n) is 17.1. The summed E-state index contributed by atoms with van der Waals surface area (Å²) in [6.07, 6.45) is 2.64. The Morgan fingerprint density at radius 1 is 1.19 bits per heavy atom. The fourth-order valence-corrected chi connectivity index (χ4v) is 4.22. The molecule has 1 amide bonds. The fraction of sp³-hybridized carbons (Fsp3) is 0.348. The second-order valence-corrected chi connectivity index (χ2v) is 8.62. The van der Waals surface area contributed by atoms with Gasteiger partial charge >= 0.3 is 0 Å². The number of aliphatic hydroxyl groups is 1. The number of benzene rings is 2. The lowest BCUT2D eigenvalue weighted by Crippen LogP contribution is -2.53. The van der Waals surface area contributed by atoms with Gasteiger partial charge in [-0.1, -0.05) is 41.9 Å². The molecule has 0 aliphatic carbocycles. The first-order chi connectivity index (χ1) is 14.8. The average Bonchev–Trinajstić information content (AvgIpc) is 2.76. The molecule has 1 aliphatic rings. The molecule has 4 rings (SSSR count). The topological polar surface area (TPSA) is 101 Å². The molecule has 3 aromatic rings. The molecule has 1 saturated heterocycles. The van der Waals surface area contributed by atoms with Crippen molar-refractivity contribution in [2.45, 2.75) is 37.5 Å². The third kappa shape index (κ3) is 4.79. The van der Waals surface area contributed by atoms with E-state index in [2.05, 4.69) is 4.98 Å². The number of aromatic nitrogens is 2.